The molecule has 0 atom stereocenters. The summed E-state index contributed by atoms with van der Waals surface area (Å²) in [5.74, 6) is -0.0792. The van der Waals surface area contributed by atoms with Gasteiger partial charge in [-0.05, 0) is 71.1 Å². The van der Waals surface area contributed by atoms with Crippen molar-refractivity contribution in [2.24, 2.45) is 0 Å². The molecule has 0 N–H and O–H groups in total. The zero-order valence-corrected chi connectivity index (χ0v) is 18.8. The van der Waals surface area contributed by atoms with Crippen LogP contribution in [0.25, 0.3) is 6.08 Å². The predicted octanol–water partition coefficient (Wildman–Crippen LogP) is 6.86. The first-order valence-electron chi connectivity index (χ1n) is 9.63. The van der Waals surface area contributed by atoms with Gasteiger partial charge in [0, 0.05) is 10.0 Å². The van der Waals surface area contributed by atoms with E-state index >= 15 is 0 Å². The maximum absolute atomic E-state index is 12.5. The highest BCUT2D eigenvalue weighted by Crippen LogP contribution is 2.23. The first-order chi connectivity index (χ1) is 14.2. The van der Waals surface area contributed by atoms with Gasteiger partial charge >= 0.3 is 5.97 Å². The number of benzene rings is 3. The smallest absolute Gasteiger partial charge is 0.343 e. The highest BCUT2D eigenvalue weighted by Gasteiger charge is 2.15. The molecule has 0 radical (unpaired) electrons. The van der Waals surface area contributed by atoms with Crippen LogP contribution in [-0.4, -0.2) is 11.8 Å². The number of rotatable bonds is 5. The Morgan fingerprint density at radius 1 is 0.867 bits per heavy atom. The van der Waals surface area contributed by atoms with E-state index in [4.69, 9.17) is 4.74 Å². The summed E-state index contributed by atoms with van der Waals surface area (Å²) in [6, 6.07) is 21.7. The number of halogens is 1. The van der Waals surface area contributed by atoms with Gasteiger partial charge in [-0.1, -0.05) is 67.0 Å². The Balaban J connectivity index is 1.68. The van der Waals surface area contributed by atoms with E-state index in [0.29, 0.717) is 16.9 Å². The van der Waals surface area contributed by atoms with Crippen LogP contribution in [0.4, 0.5) is 0 Å². The maximum Gasteiger partial charge on any atom is 0.343 e. The Labute approximate surface area is 185 Å². The monoisotopic (exact) mass is 462 g/mol. The molecule has 0 aliphatic heterocycles. The lowest BCUT2D eigenvalue weighted by Gasteiger charge is -2.18. The van der Waals surface area contributed by atoms with Gasteiger partial charge in [-0.3, -0.25) is 4.79 Å². The molecule has 4 heteroatoms. The molecular formula is C26H23BrO3. The average molecular weight is 463 g/mol. The number of hydrogen-bond acceptors (Lipinski definition) is 3. The quantitative estimate of drug-likeness (QED) is 0.180. The Morgan fingerprint density at radius 3 is 2.13 bits per heavy atom. The molecule has 3 nitrogen and oxygen atoms in total. The molecule has 3 rings (SSSR count). The van der Waals surface area contributed by atoms with Gasteiger partial charge in [-0.25, -0.2) is 4.79 Å². The highest BCUT2D eigenvalue weighted by atomic mass is 79.9. The van der Waals surface area contributed by atoms with E-state index in [1.807, 2.05) is 30.3 Å². The van der Waals surface area contributed by atoms with Gasteiger partial charge in [0.2, 0.25) is 0 Å². The zero-order chi connectivity index (χ0) is 21.7. The third-order valence-corrected chi connectivity index (χ3v) is 5.14. The fraction of sp³-hybridized carbons (Fsp3) is 0.154. The van der Waals surface area contributed by atoms with Gasteiger partial charge < -0.3 is 4.74 Å². The molecule has 0 aromatic heterocycles. The number of hydrogen-bond donors (Lipinski definition) is 0. The van der Waals surface area contributed by atoms with Crippen molar-refractivity contribution >= 4 is 33.8 Å². The van der Waals surface area contributed by atoms with Gasteiger partial charge in [0.15, 0.2) is 5.78 Å². The zero-order valence-electron chi connectivity index (χ0n) is 17.2. The first kappa shape index (κ1) is 21.7. The molecule has 3 aromatic carbocycles. The largest absolute Gasteiger partial charge is 0.423 e. The number of ketones is 1. The van der Waals surface area contributed by atoms with Gasteiger partial charge in [-0.15, -0.1) is 0 Å². The van der Waals surface area contributed by atoms with E-state index in [1.54, 1.807) is 48.5 Å². The van der Waals surface area contributed by atoms with Gasteiger partial charge in [0.1, 0.15) is 5.75 Å². The summed E-state index contributed by atoms with van der Waals surface area (Å²) in [6.07, 6.45) is 3.22. The van der Waals surface area contributed by atoms with Crippen molar-refractivity contribution in [3.63, 3.8) is 0 Å². The van der Waals surface area contributed by atoms with Gasteiger partial charge in [0.05, 0.1) is 5.56 Å². The van der Waals surface area contributed by atoms with Crippen molar-refractivity contribution < 1.29 is 14.3 Å². The highest BCUT2D eigenvalue weighted by molar-refractivity contribution is 9.10. The predicted molar refractivity (Wildman–Crippen MR) is 124 cm³/mol. The lowest BCUT2D eigenvalue weighted by Crippen LogP contribution is -2.12. The molecule has 0 heterocycles. The molecule has 0 saturated heterocycles. The normalized spacial score (nSPS) is 11.5. The van der Waals surface area contributed by atoms with Crippen LogP contribution in [0.5, 0.6) is 5.75 Å². The summed E-state index contributed by atoms with van der Waals surface area (Å²) >= 11 is 3.36. The molecular weight excluding hydrogens is 440 g/mol. The van der Waals surface area contributed by atoms with Crippen LogP contribution in [0.15, 0.2) is 83.3 Å². The molecule has 0 amide bonds. The Hall–Kier alpha value is -2.98. The second kappa shape index (κ2) is 9.23. The van der Waals surface area contributed by atoms with Crippen LogP contribution in [-0.2, 0) is 5.41 Å². The fourth-order valence-electron chi connectivity index (χ4n) is 2.84. The summed E-state index contributed by atoms with van der Waals surface area (Å²) in [5.41, 5.74) is 3.05. The van der Waals surface area contributed by atoms with Crippen LogP contribution in [0.1, 0.15) is 52.6 Å². The Kier molecular flexibility index (Phi) is 6.68. The van der Waals surface area contributed by atoms with Crippen molar-refractivity contribution in [3.05, 3.63) is 106 Å². The summed E-state index contributed by atoms with van der Waals surface area (Å²) in [6.45, 7) is 6.38. The number of carbonyl (C=O) groups excluding carboxylic acids is 2. The SMILES string of the molecule is CC(C)(C)c1ccc(C(=O)Oc2cccc(/C=C/C(=O)c3ccc(Br)cc3)c2)cc1. The molecule has 0 aliphatic rings. The second-order valence-corrected chi connectivity index (χ2v) is 8.91. The number of allylic oxidation sites excluding steroid dienone is 1. The minimum absolute atomic E-state index is 0.0246. The molecule has 0 aliphatic carbocycles. The van der Waals surface area contributed by atoms with Crippen molar-refractivity contribution in [1.29, 1.82) is 0 Å². The minimum atomic E-state index is -0.414. The molecule has 0 bridgehead atoms. The molecule has 0 fully saturated rings. The summed E-state index contributed by atoms with van der Waals surface area (Å²) in [7, 11) is 0. The fourth-order valence-corrected chi connectivity index (χ4v) is 3.10. The molecule has 30 heavy (non-hydrogen) atoms. The number of ether oxygens (including phenoxy) is 1. The van der Waals surface area contributed by atoms with Crippen molar-refractivity contribution in [3.8, 4) is 5.75 Å². The van der Waals surface area contributed by atoms with E-state index < -0.39 is 5.97 Å². The number of esters is 1. The average Bonchev–Trinajstić information content (AvgIpc) is 2.72. The Bertz CT molecular complexity index is 1070. The van der Waals surface area contributed by atoms with E-state index in [9.17, 15) is 9.59 Å². The molecule has 152 valence electrons. The van der Waals surface area contributed by atoms with Crippen LogP contribution < -0.4 is 4.74 Å². The number of carbonyl (C=O) groups is 2. The maximum atomic E-state index is 12.5. The van der Waals surface area contributed by atoms with E-state index in [2.05, 4.69) is 36.7 Å². The van der Waals surface area contributed by atoms with Crippen LogP contribution in [0, 0.1) is 0 Å². The lowest BCUT2D eigenvalue weighted by molar-refractivity contribution is 0.0734. The standard InChI is InChI=1S/C26H23BrO3/c1-26(2,3)21-12-8-20(9-13-21)25(29)30-23-6-4-5-18(17-23)7-16-24(28)19-10-14-22(27)15-11-19/h4-17H,1-3H3/b16-7+. The van der Waals surface area contributed by atoms with E-state index in [1.165, 1.54) is 6.08 Å². The third-order valence-electron chi connectivity index (χ3n) is 4.61. The topological polar surface area (TPSA) is 43.4 Å². The lowest BCUT2D eigenvalue weighted by atomic mass is 9.87. The molecule has 3 aromatic rings. The third kappa shape index (κ3) is 5.77. The second-order valence-electron chi connectivity index (χ2n) is 7.99. The molecule has 0 saturated carbocycles. The summed E-state index contributed by atoms with van der Waals surface area (Å²) < 4.78 is 6.43. The van der Waals surface area contributed by atoms with Crippen LogP contribution >= 0.6 is 15.9 Å². The molecule has 0 unspecified atom stereocenters. The van der Waals surface area contributed by atoms with Crippen LogP contribution in [0.3, 0.4) is 0 Å². The summed E-state index contributed by atoms with van der Waals surface area (Å²) in [4.78, 5) is 24.8. The minimum Gasteiger partial charge on any atom is -0.423 e. The van der Waals surface area contributed by atoms with Crippen molar-refractivity contribution in [2.45, 2.75) is 26.2 Å². The van der Waals surface area contributed by atoms with Crippen LogP contribution in [0.2, 0.25) is 0 Å². The Morgan fingerprint density at radius 2 is 1.50 bits per heavy atom. The molecule has 0 spiro atoms. The van der Waals surface area contributed by atoms with E-state index in [0.717, 1.165) is 15.6 Å². The van der Waals surface area contributed by atoms with Gasteiger partial charge in [0.25, 0.3) is 0 Å². The van der Waals surface area contributed by atoms with Crippen molar-refractivity contribution in [2.75, 3.05) is 0 Å². The van der Waals surface area contributed by atoms with E-state index in [-0.39, 0.29) is 11.2 Å². The summed E-state index contributed by atoms with van der Waals surface area (Å²) in [5, 5.41) is 0. The first-order valence-corrected chi connectivity index (χ1v) is 10.4. The van der Waals surface area contributed by atoms with Gasteiger partial charge in [-0.2, -0.15) is 0 Å². The van der Waals surface area contributed by atoms with Crippen molar-refractivity contribution in [1.82, 2.24) is 0 Å².